The van der Waals surface area contributed by atoms with Gasteiger partial charge in [0.2, 0.25) is 5.91 Å². The molecule has 6 nitrogen and oxygen atoms in total. The highest BCUT2D eigenvalue weighted by molar-refractivity contribution is 5.94. The summed E-state index contributed by atoms with van der Waals surface area (Å²) in [6.07, 6.45) is 0.221. The van der Waals surface area contributed by atoms with Crippen LogP contribution < -0.4 is 25.3 Å². The van der Waals surface area contributed by atoms with E-state index in [4.69, 9.17) is 19.9 Å². The maximum Gasteiger partial charge on any atom is 0.226 e. The molecule has 0 saturated carbocycles. The van der Waals surface area contributed by atoms with E-state index < -0.39 is 0 Å². The molecular weight excluding hydrogens is 248 g/mol. The van der Waals surface area contributed by atoms with E-state index in [1.54, 1.807) is 26.2 Å². The first-order valence-corrected chi connectivity index (χ1v) is 5.87. The Kier molecular flexibility index (Phi) is 5.44. The van der Waals surface area contributed by atoms with Gasteiger partial charge in [0.15, 0.2) is 0 Å². The lowest BCUT2D eigenvalue weighted by Gasteiger charge is -2.16. The molecule has 0 fully saturated rings. The van der Waals surface area contributed by atoms with Crippen LogP contribution in [0.2, 0.25) is 0 Å². The van der Waals surface area contributed by atoms with Gasteiger partial charge in [-0.25, -0.2) is 0 Å². The standard InChI is InChI=1S/C13H20N2O4/c1-8(14)5-12(16)15-13-10(18-3)6-9(17-2)7-11(13)19-4/h6-8H,5,14H2,1-4H3,(H,15,16). The quantitative estimate of drug-likeness (QED) is 0.814. The fraction of sp³-hybridized carbons (Fsp3) is 0.462. The van der Waals surface area contributed by atoms with Gasteiger partial charge in [-0.15, -0.1) is 0 Å². The van der Waals surface area contributed by atoms with E-state index in [9.17, 15) is 4.79 Å². The topological polar surface area (TPSA) is 82.8 Å². The third kappa shape index (κ3) is 4.03. The van der Waals surface area contributed by atoms with Crippen LogP contribution in [-0.2, 0) is 4.79 Å². The number of hydrogen-bond acceptors (Lipinski definition) is 5. The molecule has 0 heterocycles. The summed E-state index contributed by atoms with van der Waals surface area (Å²) < 4.78 is 15.6. The molecule has 1 atom stereocenters. The highest BCUT2D eigenvalue weighted by atomic mass is 16.5. The Hall–Kier alpha value is -1.95. The van der Waals surface area contributed by atoms with Crippen LogP contribution in [0.3, 0.4) is 0 Å². The Bertz CT molecular complexity index is 421. The number of amides is 1. The van der Waals surface area contributed by atoms with Gasteiger partial charge in [0, 0.05) is 24.6 Å². The molecule has 0 saturated heterocycles. The molecule has 1 amide bonds. The lowest BCUT2D eigenvalue weighted by molar-refractivity contribution is -0.116. The number of carbonyl (C=O) groups is 1. The molecular formula is C13H20N2O4. The number of ether oxygens (including phenoxy) is 3. The number of methoxy groups -OCH3 is 3. The summed E-state index contributed by atoms with van der Waals surface area (Å²) in [5.41, 5.74) is 6.06. The van der Waals surface area contributed by atoms with Crippen LogP contribution in [0.15, 0.2) is 12.1 Å². The molecule has 106 valence electrons. The number of hydrogen-bond donors (Lipinski definition) is 2. The van der Waals surface area contributed by atoms with Gasteiger partial charge < -0.3 is 25.3 Å². The monoisotopic (exact) mass is 268 g/mol. The van der Waals surface area contributed by atoms with E-state index in [1.807, 2.05) is 0 Å². The Labute approximate surface area is 112 Å². The Balaban J connectivity index is 3.06. The van der Waals surface area contributed by atoms with Crippen LogP contribution in [0.25, 0.3) is 0 Å². The predicted molar refractivity (Wildman–Crippen MR) is 73.0 cm³/mol. The fourth-order valence-electron chi connectivity index (χ4n) is 1.61. The fourth-order valence-corrected chi connectivity index (χ4v) is 1.61. The normalized spacial score (nSPS) is 11.6. The van der Waals surface area contributed by atoms with Crippen molar-refractivity contribution in [3.8, 4) is 17.2 Å². The van der Waals surface area contributed by atoms with Crippen molar-refractivity contribution in [3.63, 3.8) is 0 Å². The number of carbonyl (C=O) groups excluding carboxylic acids is 1. The molecule has 0 aliphatic carbocycles. The average Bonchev–Trinajstić information content (AvgIpc) is 2.37. The van der Waals surface area contributed by atoms with Gasteiger partial charge in [-0.1, -0.05) is 0 Å². The van der Waals surface area contributed by atoms with Gasteiger partial charge in [-0.05, 0) is 6.92 Å². The Morgan fingerprint density at radius 3 is 2.11 bits per heavy atom. The molecule has 1 unspecified atom stereocenters. The largest absolute Gasteiger partial charge is 0.496 e. The van der Waals surface area contributed by atoms with Crippen molar-refractivity contribution >= 4 is 11.6 Å². The van der Waals surface area contributed by atoms with Gasteiger partial charge in [0.25, 0.3) is 0 Å². The second-order valence-corrected chi connectivity index (χ2v) is 4.14. The van der Waals surface area contributed by atoms with Crippen molar-refractivity contribution < 1.29 is 19.0 Å². The summed E-state index contributed by atoms with van der Waals surface area (Å²) >= 11 is 0. The lowest BCUT2D eigenvalue weighted by Crippen LogP contribution is -2.24. The summed E-state index contributed by atoms with van der Waals surface area (Å²) in [6.45, 7) is 1.77. The maximum absolute atomic E-state index is 11.8. The van der Waals surface area contributed by atoms with Crippen molar-refractivity contribution in [3.05, 3.63) is 12.1 Å². The zero-order valence-corrected chi connectivity index (χ0v) is 11.6. The first-order valence-electron chi connectivity index (χ1n) is 5.87. The second-order valence-electron chi connectivity index (χ2n) is 4.14. The summed E-state index contributed by atoms with van der Waals surface area (Å²) in [6, 6.07) is 3.13. The number of anilines is 1. The zero-order valence-electron chi connectivity index (χ0n) is 11.6. The number of rotatable bonds is 6. The van der Waals surface area contributed by atoms with Crippen molar-refractivity contribution in [2.24, 2.45) is 5.73 Å². The molecule has 0 aromatic heterocycles. The minimum absolute atomic E-state index is 0.197. The van der Waals surface area contributed by atoms with E-state index in [0.717, 1.165) is 0 Å². The Morgan fingerprint density at radius 2 is 1.74 bits per heavy atom. The molecule has 19 heavy (non-hydrogen) atoms. The highest BCUT2D eigenvalue weighted by Gasteiger charge is 2.16. The third-order valence-electron chi connectivity index (χ3n) is 2.49. The average molecular weight is 268 g/mol. The molecule has 3 N–H and O–H groups in total. The summed E-state index contributed by atoms with van der Waals surface area (Å²) in [4.78, 5) is 11.8. The van der Waals surface area contributed by atoms with Gasteiger partial charge in [-0.3, -0.25) is 4.79 Å². The van der Waals surface area contributed by atoms with E-state index in [-0.39, 0.29) is 18.4 Å². The van der Waals surface area contributed by atoms with Gasteiger partial charge >= 0.3 is 0 Å². The van der Waals surface area contributed by atoms with E-state index >= 15 is 0 Å². The van der Waals surface area contributed by atoms with Crippen molar-refractivity contribution in [2.45, 2.75) is 19.4 Å². The van der Waals surface area contributed by atoms with Gasteiger partial charge in [-0.2, -0.15) is 0 Å². The second kappa shape index (κ2) is 6.84. The van der Waals surface area contributed by atoms with Crippen molar-refractivity contribution in [1.82, 2.24) is 0 Å². The molecule has 0 bridgehead atoms. The first-order chi connectivity index (χ1) is 9.01. The maximum atomic E-state index is 11.8. The molecule has 1 rings (SSSR count). The van der Waals surface area contributed by atoms with E-state index in [0.29, 0.717) is 22.9 Å². The third-order valence-corrected chi connectivity index (χ3v) is 2.49. The first kappa shape index (κ1) is 15.1. The van der Waals surface area contributed by atoms with Crippen LogP contribution >= 0.6 is 0 Å². The molecule has 0 spiro atoms. The predicted octanol–water partition coefficient (Wildman–Crippen LogP) is 1.39. The van der Waals surface area contributed by atoms with Gasteiger partial charge in [0.05, 0.1) is 21.3 Å². The van der Waals surface area contributed by atoms with Crippen molar-refractivity contribution in [2.75, 3.05) is 26.6 Å². The van der Waals surface area contributed by atoms with Crippen LogP contribution in [0.4, 0.5) is 5.69 Å². The number of nitrogens with one attached hydrogen (secondary N) is 1. The number of benzene rings is 1. The summed E-state index contributed by atoms with van der Waals surface area (Å²) in [5.74, 6) is 1.32. The molecule has 1 aromatic rings. The molecule has 0 radical (unpaired) electrons. The SMILES string of the molecule is COc1cc(OC)c(NC(=O)CC(C)N)c(OC)c1. The summed E-state index contributed by atoms with van der Waals surface area (Å²) in [7, 11) is 4.56. The van der Waals surface area contributed by atoms with Gasteiger partial charge in [0.1, 0.15) is 22.9 Å². The van der Waals surface area contributed by atoms with E-state index in [1.165, 1.54) is 14.2 Å². The summed E-state index contributed by atoms with van der Waals surface area (Å²) in [5, 5.41) is 2.74. The van der Waals surface area contributed by atoms with Crippen molar-refractivity contribution in [1.29, 1.82) is 0 Å². The zero-order chi connectivity index (χ0) is 14.4. The molecule has 6 heteroatoms. The van der Waals surface area contributed by atoms with E-state index in [2.05, 4.69) is 5.32 Å². The van der Waals surface area contributed by atoms with Crippen LogP contribution in [0, 0.1) is 0 Å². The lowest BCUT2D eigenvalue weighted by atomic mass is 10.2. The molecule has 0 aliphatic rings. The minimum Gasteiger partial charge on any atom is -0.496 e. The highest BCUT2D eigenvalue weighted by Crippen LogP contribution is 2.38. The molecule has 0 aliphatic heterocycles. The van der Waals surface area contributed by atoms with Crippen LogP contribution in [0.5, 0.6) is 17.2 Å². The smallest absolute Gasteiger partial charge is 0.226 e. The van der Waals surface area contributed by atoms with Crippen LogP contribution in [0.1, 0.15) is 13.3 Å². The van der Waals surface area contributed by atoms with Crippen LogP contribution in [-0.4, -0.2) is 33.3 Å². The molecule has 1 aromatic carbocycles. The minimum atomic E-state index is -0.213. The number of nitrogens with two attached hydrogens (primary N) is 1. The Morgan fingerprint density at radius 1 is 1.21 bits per heavy atom.